The Morgan fingerprint density at radius 1 is 1.00 bits per heavy atom. The molecule has 0 spiro atoms. The third-order valence-corrected chi connectivity index (χ3v) is 5.25. The normalized spacial score (nSPS) is 25.9. The van der Waals surface area contributed by atoms with Gasteiger partial charge >= 0.3 is 0 Å². The summed E-state index contributed by atoms with van der Waals surface area (Å²) >= 11 is 0. The summed E-state index contributed by atoms with van der Waals surface area (Å²) in [6, 6.07) is 11.0. The molecule has 1 nitrogen and oxygen atoms in total. The quantitative estimate of drug-likeness (QED) is 0.704. The van der Waals surface area contributed by atoms with Crippen LogP contribution in [0.5, 0.6) is 0 Å². The number of benzene rings is 1. The van der Waals surface area contributed by atoms with E-state index in [9.17, 15) is 0 Å². The van der Waals surface area contributed by atoms with E-state index in [0.717, 1.165) is 24.3 Å². The van der Waals surface area contributed by atoms with Crippen LogP contribution in [0.4, 0.5) is 0 Å². The fourth-order valence-corrected chi connectivity index (χ4v) is 4.04. The summed E-state index contributed by atoms with van der Waals surface area (Å²) in [5.41, 5.74) is 1.51. The van der Waals surface area contributed by atoms with Gasteiger partial charge in [-0.2, -0.15) is 0 Å². The topological polar surface area (TPSA) is 12.0 Å². The van der Waals surface area contributed by atoms with E-state index in [4.69, 9.17) is 0 Å². The molecule has 1 saturated carbocycles. The van der Waals surface area contributed by atoms with Gasteiger partial charge in [-0.1, -0.05) is 63.4 Å². The summed E-state index contributed by atoms with van der Waals surface area (Å²) in [5.74, 6) is 2.82. The first kappa shape index (κ1) is 16.5. The zero-order chi connectivity index (χ0) is 14.9. The van der Waals surface area contributed by atoms with Crippen LogP contribution in [0.2, 0.25) is 0 Å². The molecule has 0 heterocycles. The molecule has 1 aromatic carbocycles. The maximum Gasteiger partial charge on any atom is -0.00180 e. The van der Waals surface area contributed by atoms with Gasteiger partial charge in [-0.15, -0.1) is 0 Å². The summed E-state index contributed by atoms with van der Waals surface area (Å²) in [6.07, 6.45) is 9.80. The second-order valence-electron chi connectivity index (χ2n) is 6.82. The molecule has 0 aromatic heterocycles. The van der Waals surface area contributed by atoms with Crippen molar-refractivity contribution in [1.29, 1.82) is 0 Å². The van der Waals surface area contributed by atoms with Gasteiger partial charge in [0, 0.05) is 0 Å². The smallest absolute Gasteiger partial charge is 0.00180 e. The molecule has 1 heteroatoms. The molecular formula is C20H33N. The minimum absolute atomic E-state index is 0.904. The lowest BCUT2D eigenvalue weighted by Gasteiger charge is -2.36. The van der Waals surface area contributed by atoms with Crippen LogP contribution in [-0.2, 0) is 6.42 Å². The molecule has 21 heavy (non-hydrogen) atoms. The highest BCUT2D eigenvalue weighted by Gasteiger charge is 2.29. The maximum absolute atomic E-state index is 3.59. The molecule has 1 N–H and O–H groups in total. The predicted molar refractivity (Wildman–Crippen MR) is 92.5 cm³/mol. The second kappa shape index (κ2) is 9.25. The summed E-state index contributed by atoms with van der Waals surface area (Å²) in [7, 11) is 0. The summed E-state index contributed by atoms with van der Waals surface area (Å²) < 4.78 is 0. The summed E-state index contributed by atoms with van der Waals surface area (Å²) in [6.45, 7) is 6.90. The van der Waals surface area contributed by atoms with Crippen molar-refractivity contribution < 1.29 is 0 Å². The lowest BCUT2D eigenvalue weighted by Crippen LogP contribution is -2.33. The molecule has 1 aromatic rings. The summed E-state index contributed by atoms with van der Waals surface area (Å²) in [5, 5.41) is 3.59. The van der Waals surface area contributed by atoms with Crippen LogP contribution < -0.4 is 5.32 Å². The van der Waals surface area contributed by atoms with Crippen LogP contribution >= 0.6 is 0 Å². The molecule has 1 aliphatic rings. The largest absolute Gasteiger partial charge is 0.317 e. The molecule has 0 radical (unpaired) electrons. The Morgan fingerprint density at radius 3 is 2.52 bits per heavy atom. The van der Waals surface area contributed by atoms with Gasteiger partial charge in [-0.3, -0.25) is 0 Å². The number of nitrogens with one attached hydrogen (secondary N) is 1. The molecule has 0 amide bonds. The van der Waals surface area contributed by atoms with Crippen molar-refractivity contribution in [3.8, 4) is 0 Å². The van der Waals surface area contributed by atoms with Crippen LogP contribution in [-0.4, -0.2) is 13.1 Å². The number of hydrogen-bond donors (Lipinski definition) is 1. The van der Waals surface area contributed by atoms with Gasteiger partial charge in [0.2, 0.25) is 0 Å². The van der Waals surface area contributed by atoms with Crippen molar-refractivity contribution >= 4 is 0 Å². The average molecular weight is 287 g/mol. The molecule has 0 bridgehead atoms. The van der Waals surface area contributed by atoms with Crippen LogP contribution in [0.15, 0.2) is 30.3 Å². The van der Waals surface area contributed by atoms with Gasteiger partial charge in [0.15, 0.2) is 0 Å². The minimum atomic E-state index is 0.904. The average Bonchev–Trinajstić information content (AvgIpc) is 2.53. The number of rotatable bonds is 8. The Morgan fingerprint density at radius 2 is 1.81 bits per heavy atom. The molecule has 3 unspecified atom stereocenters. The van der Waals surface area contributed by atoms with Crippen LogP contribution in [0.3, 0.4) is 0 Å². The fourth-order valence-electron chi connectivity index (χ4n) is 4.04. The van der Waals surface area contributed by atoms with Gasteiger partial charge in [0.1, 0.15) is 0 Å². The van der Waals surface area contributed by atoms with E-state index in [2.05, 4.69) is 49.5 Å². The first-order valence-electron chi connectivity index (χ1n) is 9.08. The zero-order valence-electron chi connectivity index (χ0n) is 14.0. The first-order valence-corrected chi connectivity index (χ1v) is 9.08. The van der Waals surface area contributed by atoms with E-state index in [-0.39, 0.29) is 0 Å². The van der Waals surface area contributed by atoms with E-state index in [1.165, 1.54) is 57.1 Å². The van der Waals surface area contributed by atoms with Crippen molar-refractivity contribution in [2.24, 2.45) is 17.8 Å². The second-order valence-corrected chi connectivity index (χ2v) is 6.82. The standard InChI is InChI=1S/C20H33N/c1-3-8-18-12-14-20(16-21-4-2)19(15-18)13-11-17-9-6-5-7-10-17/h5-7,9-10,18-21H,3-4,8,11-16H2,1-2H3. The molecule has 2 rings (SSSR count). The van der Waals surface area contributed by atoms with Gasteiger partial charge in [-0.05, 0) is 62.1 Å². The van der Waals surface area contributed by atoms with E-state index < -0.39 is 0 Å². The Bertz CT molecular complexity index is 373. The third-order valence-electron chi connectivity index (χ3n) is 5.25. The number of aryl methyl sites for hydroxylation is 1. The SMILES string of the molecule is CCCC1CCC(CNCC)C(CCc2ccccc2)C1. The van der Waals surface area contributed by atoms with E-state index in [0.29, 0.717) is 0 Å². The van der Waals surface area contributed by atoms with Crippen molar-refractivity contribution in [3.63, 3.8) is 0 Å². The highest BCUT2D eigenvalue weighted by Crippen LogP contribution is 2.38. The molecule has 118 valence electrons. The first-order chi connectivity index (χ1) is 10.3. The highest BCUT2D eigenvalue weighted by molar-refractivity contribution is 5.14. The molecule has 0 aliphatic heterocycles. The van der Waals surface area contributed by atoms with E-state index in [1.54, 1.807) is 0 Å². The van der Waals surface area contributed by atoms with E-state index in [1.807, 2.05) is 0 Å². The van der Waals surface area contributed by atoms with Crippen molar-refractivity contribution in [2.75, 3.05) is 13.1 Å². The van der Waals surface area contributed by atoms with Crippen molar-refractivity contribution in [2.45, 2.75) is 58.8 Å². The maximum atomic E-state index is 3.59. The fraction of sp³-hybridized carbons (Fsp3) is 0.700. The highest BCUT2D eigenvalue weighted by atomic mass is 14.8. The zero-order valence-corrected chi connectivity index (χ0v) is 14.0. The molecule has 1 aliphatic carbocycles. The number of hydrogen-bond acceptors (Lipinski definition) is 1. The summed E-state index contributed by atoms with van der Waals surface area (Å²) in [4.78, 5) is 0. The van der Waals surface area contributed by atoms with Crippen molar-refractivity contribution in [3.05, 3.63) is 35.9 Å². The molecule has 3 atom stereocenters. The van der Waals surface area contributed by atoms with Crippen LogP contribution in [0.1, 0.15) is 57.9 Å². The lowest BCUT2D eigenvalue weighted by atomic mass is 9.70. The minimum Gasteiger partial charge on any atom is -0.317 e. The third kappa shape index (κ3) is 5.47. The van der Waals surface area contributed by atoms with Gasteiger partial charge in [0.05, 0.1) is 0 Å². The molecular weight excluding hydrogens is 254 g/mol. The van der Waals surface area contributed by atoms with Crippen LogP contribution in [0, 0.1) is 17.8 Å². The van der Waals surface area contributed by atoms with Gasteiger partial charge in [0.25, 0.3) is 0 Å². The Balaban J connectivity index is 1.89. The van der Waals surface area contributed by atoms with Crippen LogP contribution in [0.25, 0.3) is 0 Å². The lowest BCUT2D eigenvalue weighted by molar-refractivity contribution is 0.160. The monoisotopic (exact) mass is 287 g/mol. The molecule has 1 fully saturated rings. The Hall–Kier alpha value is -0.820. The van der Waals surface area contributed by atoms with Gasteiger partial charge in [-0.25, -0.2) is 0 Å². The predicted octanol–water partition coefficient (Wildman–Crippen LogP) is 5.06. The van der Waals surface area contributed by atoms with Gasteiger partial charge < -0.3 is 5.32 Å². The van der Waals surface area contributed by atoms with E-state index >= 15 is 0 Å². The van der Waals surface area contributed by atoms with Crippen molar-refractivity contribution in [1.82, 2.24) is 5.32 Å². The Labute approximate surface area is 131 Å². The Kier molecular flexibility index (Phi) is 7.29. The molecule has 0 saturated heterocycles.